The van der Waals surface area contributed by atoms with Crippen molar-refractivity contribution in [2.75, 3.05) is 56.5 Å². The average Bonchev–Trinajstić information content (AvgIpc) is 3.41. The molecule has 0 aliphatic heterocycles. The third kappa shape index (κ3) is 6.51. The second kappa shape index (κ2) is 12.3. The van der Waals surface area contributed by atoms with Gasteiger partial charge in [0.25, 0.3) is 0 Å². The lowest BCUT2D eigenvalue weighted by atomic mass is 10.2. The summed E-state index contributed by atoms with van der Waals surface area (Å²) in [6.45, 7) is 13.6. The maximum atomic E-state index is 12.9. The number of likely N-dealkylation sites (N-methyl/N-ethyl adjacent to an activating group) is 2. The molecule has 0 bridgehead atoms. The maximum Gasteiger partial charge on any atom is 0.341 e. The van der Waals surface area contributed by atoms with Gasteiger partial charge in [-0.2, -0.15) is 0 Å². The molecule has 35 heavy (non-hydrogen) atoms. The Morgan fingerprint density at radius 2 is 1.23 bits per heavy atom. The van der Waals surface area contributed by atoms with Gasteiger partial charge in [0, 0.05) is 0 Å². The van der Waals surface area contributed by atoms with Crippen molar-refractivity contribution >= 4 is 71.2 Å². The normalized spacial score (nSPS) is 11.5. The minimum Gasteiger partial charge on any atom is -0.462 e. The number of carbonyl (C=O) groups excluding carboxylic acids is 3. The van der Waals surface area contributed by atoms with Gasteiger partial charge in [-0.15, -0.1) is 0 Å². The molecule has 2 aromatic heterocycles. The molecule has 0 atom stereocenters. The summed E-state index contributed by atoms with van der Waals surface area (Å²) >= 11 is 2.45. The Morgan fingerprint density at radius 3 is 1.60 bits per heavy atom. The zero-order valence-corrected chi connectivity index (χ0v) is 22.4. The molecule has 0 spiro atoms. The number of hydrogen-bond donors (Lipinski definition) is 2. The van der Waals surface area contributed by atoms with Crippen LogP contribution in [0.3, 0.4) is 0 Å². The van der Waals surface area contributed by atoms with Gasteiger partial charge >= 0.3 is 5.97 Å². The van der Waals surface area contributed by atoms with Crippen LogP contribution in [0.2, 0.25) is 0 Å². The molecular formula is C23H32N6O4S2. The molecule has 0 saturated heterocycles. The second-order valence-corrected chi connectivity index (χ2v) is 9.72. The Labute approximate surface area is 212 Å². The lowest BCUT2D eigenvalue weighted by Gasteiger charge is -2.16. The number of esters is 1. The Hall–Kier alpha value is -2.67. The summed E-state index contributed by atoms with van der Waals surface area (Å²) in [7, 11) is 0. The number of nitrogens with zero attached hydrogens (tertiary/aromatic N) is 4. The van der Waals surface area contributed by atoms with Crippen LogP contribution >= 0.6 is 22.7 Å². The van der Waals surface area contributed by atoms with Gasteiger partial charge in [-0.25, -0.2) is 14.8 Å². The molecule has 2 N–H and O–H groups in total. The van der Waals surface area contributed by atoms with Gasteiger partial charge in [0.1, 0.15) is 0 Å². The highest BCUT2D eigenvalue weighted by molar-refractivity contribution is 7.25. The molecule has 0 aliphatic rings. The maximum absolute atomic E-state index is 12.9. The Morgan fingerprint density at radius 1 is 0.800 bits per heavy atom. The Balaban J connectivity index is 1.94. The number of anilines is 2. The Kier molecular flexibility index (Phi) is 9.49. The highest BCUT2D eigenvalue weighted by atomic mass is 32.1. The van der Waals surface area contributed by atoms with E-state index in [2.05, 4.69) is 20.6 Å². The summed E-state index contributed by atoms with van der Waals surface area (Å²) in [5.74, 6) is -0.815. The quantitative estimate of drug-likeness (QED) is 0.348. The third-order valence-electron chi connectivity index (χ3n) is 5.53. The van der Waals surface area contributed by atoms with Crippen molar-refractivity contribution in [1.29, 1.82) is 0 Å². The van der Waals surface area contributed by atoms with E-state index in [1.807, 2.05) is 37.5 Å². The molecule has 12 heteroatoms. The molecule has 0 radical (unpaired) electrons. The van der Waals surface area contributed by atoms with Crippen LogP contribution in [0.15, 0.2) is 6.07 Å². The van der Waals surface area contributed by atoms with Crippen LogP contribution in [0, 0.1) is 0 Å². The number of hydrogen-bond acceptors (Lipinski definition) is 10. The largest absolute Gasteiger partial charge is 0.462 e. The number of rotatable bonds is 12. The standard InChI is InChI=1S/C23H32N6O4S2/c1-6-28(7-2)12-16(30)26-22-24-14-11-15-20(18(19(14)34-22)21(32)33-10-5)35-23(25-15)27-17(31)13-29(8-3)9-4/h11H,6-10,12-13H2,1-5H3,(H,24,26,30)(H,25,27,31). The fraction of sp³-hybridized carbons (Fsp3) is 0.522. The first-order valence-corrected chi connectivity index (χ1v) is 13.4. The van der Waals surface area contributed by atoms with Crippen LogP contribution in [-0.4, -0.2) is 83.4 Å². The van der Waals surface area contributed by atoms with Gasteiger partial charge in [0.15, 0.2) is 10.3 Å². The molecule has 0 aliphatic carbocycles. The zero-order valence-electron chi connectivity index (χ0n) is 20.8. The monoisotopic (exact) mass is 520 g/mol. The lowest BCUT2D eigenvalue weighted by molar-refractivity contribution is -0.118. The third-order valence-corrected chi connectivity index (χ3v) is 7.54. The van der Waals surface area contributed by atoms with Crippen molar-refractivity contribution in [3.8, 4) is 0 Å². The molecule has 1 aromatic carbocycles. The summed E-state index contributed by atoms with van der Waals surface area (Å²) in [5, 5.41) is 6.50. The van der Waals surface area contributed by atoms with Gasteiger partial charge in [0.2, 0.25) is 11.8 Å². The topological polar surface area (TPSA) is 117 Å². The molecule has 0 unspecified atom stereocenters. The first-order chi connectivity index (χ1) is 16.8. The van der Waals surface area contributed by atoms with Gasteiger partial charge in [-0.1, -0.05) is 50.4 Å². The van der Waals surface area contributed by atoms with Crippen molar-refractivity contribution in [3.63, 3.8) is 0 Å². The van der Waals surface area contributed by atoms with E-state index < -0.39 is 5.97 Å². The van der Waals surface area contributed by atoms with Crippen molar-refractivity contribution in [1.82, 2.24) is 19.8 Å². The van der Waals surface area contributed by atoms with Crippen LogP contribution < -0.4 is 10.6 Å². The van der Waals surface area contributed by atoms with Gasteiger partial charge in [0.05, 0.1) is 45.7 Å². The highest BCUT2D eigenvalue weighted by Gasteiger charge is 2.23. The van der Waals surface area contributed by atoms with Crippen LogP contribution in [-0.2, 0) is 14.3 Å². The predicted molar refractivity (Wildman–Crippen MR) is 142 cm³/mol. The van der Waals surface area contributed by atoms with Gasteiger partial charge in [-0.05, 0) is 39.2 Å². The molecule has 3 aromatic rings. The molecular weight excluding hydrogens is 488 g/mol. The minimum absolute atomic E-state index is 0.163. The predicted octanol–water partition coefficient (Wildman–Crippen LogP) is 3.64. The molecule has 10 nitrogen and oxygen atoms in total. The SMILES string of the molecule is CCOC(=O)c1c2sc(NC(=O)CN(CC)CC)nc2cc2nc(NC(=O)CN(CC)CC)sc12. The number of aromatic nitrogens is 2. The fourth-order valence-electron chi connectivity index (χ4n) is 3.56. The van der Waals surface area contributed by atoms with Crippen molar-refractivity contribution in [2.45, 2.75) is 34.6 Å². The second-order valence-electron chi connectivity index (χ2n) is 7.73. The van der Waals surface area contributed by atoms with Crippen LogP contribution in [0.5, 0.6) is 0 Å². The summed E-state index contributed by atoms with van der Waals surface area (Å²) < 4.78 is 6.54. The molecule has 0 saturated carbocycles. The summed E-state index contributed by atoms with van der Waals surface area (Å²) in [5.41, 5.74) is 1.42. The molecule has 0 fully saturated rings. The molecule has 3 rings (SSSR count). The van der Waals surface area contributed by atoms with Crippen molar-refractivity contribution in [3.05, 3.63) is 11.6 Å². The fourth-order valence-corrected chi connectivity index (χ4v) is 5.63. The molecule has 2 heterocycles. The van der Waals surface area contributed by atoms with Gasteiger partial charge < -0.3 is 15.4 Å². The summed E-state index contributed by atoms with van der Waals surface area (Å²) in [4.78, 5) is 50.9. The number of carbonyl (C=O) groups is 3. The first kappa shape index (κ1) is 26.9. The first-order valence-electron chi connectivity index (χ1n) is 11.8. The van der Waals surface area contributed by atoms with Crippen molar-refractivity contribution in [2.24, 2.45) is 0 Å². The zero-order chi connectivity index (χ0) is 25.5. The van der Waals surface area contributed by atoms with Crippen LogP contribution in [0.4, 0.5) is 10.3 Å². The minimum atomic E-state index is -0.488. The Bertz CT molecular complexity index is 1120. The van der Waals surface area contributed by atoms with E-state index in [9.17, 15) is 14.4 Å². The summed E-state index contributed by atoms with van der Waals surface area (Å²) in [6, 6.07) is 1.76. The number of amides is 2. The number of thiazole rings is 2. The molecule has 2 amide bonds. The molecule has 190 valence electrons. The van der Waals surface area contributed by atoms with Crippen LogP contribution in [0.25, 0.3) is 20.4 Å². The van der Waals surface area contributed by atoms with E-state index in [1.165, 1.54) is 22.7 Å². The number of nitrogens with one attached hydrogen (secondary N) is 2. The highest BCUT2D eigenvalue weighted by Crippen LogP contribution is 2.38. The van der Waals surface area contributed by atoms with Crippen LogP contribution in [0.1, 0.15) is 45.0 Å². The van der Waals surface area contributed by atoms with E-state index in [1.54, 1.807) is 13.0 Å². The number of fused-ring (bicyclic) bond motifs is 2. The smallest absolute Gasteiger partial charge is 0.341 e. The van der Waals surface area contributed by atoms with E-state index in [0.29, 0.717) is 36.3 Å². The van der Waals surface area contributed by atoms with E-state index in [4.69, 9.17) is 4.74 Å². The average molecular weight is 521 g/mol. The number of benzene rings is 1. The van der Waals surface area contributed by atoms with Gasteiger partial charge in [-0.3, -0.25) is 19.4 Å². The van der Waals surface area contributed by atoms with E-state index >= 15 is 0 Å². The van der Waals surface area contributed by atoms with E-state index in [-0.39, 0.29) is 31.5 Å². The van der Waals surface area contributed by atoms with Crippen molar-refractivity contribution < 1.29 is 19.1 Å². The lowest BCUT2D eigenvalue weighted by Crippen LogP contribution is -2.32. The number of ether oxygens (including phenoxy) is 1. The van der Waals surface area contributed by atoms with E-state index in [0.717, 1.165) is 26.2 Å². The summed E-state index contributed by atoms with van der Waals surface area (Å²) in [6.07, 6.45) is 0.